The minimum absolute atomic E-state index is 0.0276. The minimum atomic E-state index is -0.311. The van der Waals surface area contributed by atoms with Gasteiger partial charge in [0.05, 0.1) is 12.2 Å². The van der Waals surface area contributed by atoms with Crippen LogP contribution in [0.3, 0.4) is 0 Å². The molecule has 2 aromatic carbocycles. The molecule has 1 aliphatic heterocycles. The van der Waals surface area contributed by atoms with Gasteiger partial charge in [-0.1, -0.05) is 0 Å². The van der Waals surface area contributed by atoms with Crippen LogP contribution in [0, 0.1) is 12.7 Å². The quantitative estimate of drug-likeness (QED) is 0.586. The number of carbonyl (C=O) groups is 2. The number of carbonyl (C=O) groups excluding carboxylic acids is 2. The zero-order valence-corrected chi connectivity index (χ0v) is 17.1. The van der Waals surface area contributed by atoms with Crippen LogP contribution in [0.15, 0.2) is 42.5 Å². The second kappa shape index (κ2) is 8.62. The zero-order chi connectivity index (χ0) is 21.1. The van der Waals surface area contributed by atoms with E-state index in [4.69, 9.17) is 4.74 Å². The van der Waals surface area contributed by atoms with Crippen molar-refractivity contribution < 1.29 is 18.7 Å². The second-order valence-corrected chi connectivity index (χ2v) is 7.91. The van der Waals surface area contributed by atoms with Crippen LogP contribution < -0.4 is 15.4 Å². The predicted octanol–water partition coefficient (Wildman–Crippen LogP) is 3.95. The van der Waals surface area contributed by atoms with Crippen molar-refractivity contribution in [2.45, 2.75) is 19.8 Å². The Morgan fingerprint density at radius 3 is 2.83 bits per heavy atom. The molecule has 0 saturated carbocycles. The molecule has 0 unspecified atom stereocenters. The molecule has 0 aliphatic carbocycles. The number of thiazole rings is 1. The molecule has 3 aromatic rings. The first-order chi connectivity index (χ1) is 14.5. The molecule has 4 rings (SSSR count). The Balaban J connectivity index is 1.31. The lowest BCUT2D eigenvalue weighted by Crippen LogP contribution is -2.28. The molecule has 154 valence electrons. The Hall–Kier alpha value is -3.26. The van der Waals surface area contributed by atoms with Gasteiger partial charge in [0.1, 0.15) is 28.1 Å². The average molecular weight is 425 g/mol. The van der Waals surface area contributed by atoms with Gasteiger partial charge in [0.25, 0.3) is 5.91 Å². The highest BCUT2D eigenvalue weighted by atomic mass is 32.1. The van der Waals surface area contributed by atoms with Crippen molar-refractivity contribution in [3.8, 4) is 16.3 Å². The molecule has 2 heterocycles. The van der Waals surface area contributed by atoms with E-state index in [-0.39, 0.29) is 17.6 Å². The molecule has 2 N–H and O–H groups in total. The fraction of sp³-hybridized carbons (Fsp3) is 0.227. The third-order valence-corrected chi connectivity index (χ3v) is 5.93. The summed E-state index contributed by atoms with van der Waals surface area (Å²) in [6, 6.07) is 11.6. The molecular formula is C22H20FN3O3S. The van der Waals surface area contributed by atoms with Gasteiger partial charge >= 0.3 is 0 Å². The number of aryl methyl sites for hydroxylation is 2. The Bertz CT molecular complexity index is 1100. The van der Waals surface area contributed by atoms with Crippen LogP contribution in [0.2, 0.25) is 0 Å². The lowest BCUT2D eigenvalue weighted by Gasteiger charge is -2.17. The number of halogens is 1. The average Bonchev–Trinajstić information content (AvgIpc) is 3.13. The number of benzene rings is 2. The summed E-state index contributed by atoms with van der Waals surface area (Å²) in [6.45, 7) is 2.44. The zero-order valence-electron chi connectivity index (χ0n) is 16.3. The summed E-state index contributed by atoms with van der Waals surface area (Å²) in [4.78, 5) is 28.9. The summed E-state index contributed by atoms with van der Waals surface area (Å²) in [7, 11) is 0. The van der Waals surface area contributed by atoms with Crippen LogP contribution in [0.5, 0.6) is 5.75 Å². The first kappa shape index (κ1) is 20.0. The highest BCUT2D eigenvalue weighted by Crippen LogP contribution is 2.28. The number of hydrogen-bond donors (Lipinski definition) is 2. The second-order valence-electron chi connectivity index (χ2n) is 6.91. The molecule has 0 fully saturated rings. The molecule has 8 heteroatoms. The van der Waals surface area contributed by atoms with E-state index in [1.807, 2.05) is 12.1 Å². The maximum atomic E-state index is 13.1. The van der Waals surface area contributed by atoms with Gasteiger partial charge < -0.3 is 15.4 Å². The number of nitrogens with one attached hydrogen (secondary N) is 2. The SMILES string of the molecule is Cc1nc(-c2ccc(F)cc2)sc1C(=O)NCCOc1ccc2c(c1)CCC(=O)N2. The largest absolute Gasteiger partial charge is 0.492 e. The van der Waals surface area contributed by atoms with Crippen LogP contribution >= 0.6 is 11.3 Å². The number of amides is 2. The maximum Gasteiger partial charge on any atom is 0.263 e. The molecule has 0 atom stereocenters. The molecule has 30 heavy (non-hydrogen) atoms. The Labute approximate surface area is 177 Å². The van der Waals surface area contributed by atoms with Gasteiger partial charge in [-0.3, -0.25) is 9.59 Å². The lowest BCUT2D eigenvalue weighted by atomic mass is 10.0. The number of ether oxygens (including phenoxy) is 1. The smallest absolute Gasteiger partial charge is 0.263 e. The van der Waals surface area contributed by atoms with Crippen molar-refractivity contribution in [2.24, 2.45) is 0 Å². The third kappa shape index (κ3) is 4.49. The van der Waals surface area contributed by atoms with Crippen LogP contribution in [0.25, 0.3) is 10.6 Å². The molecule has 0 radical (unpaired) electrons. The first-order valence-corrected chi connectivity index (χ1v) is 10.4. The van der Waals surface area contributed by atoms with E-state index < -0.39 is 0 Å². The Morgan fingerprint density at radius 1 is 1.23 bits per heavy atom. The topological polar surface area (TPSA) is 80.3 Å². The monoisotopic (exact) mass is 425 g/mol. The van der Waals surface area contributed by atoms with Crippen LogP contribution in [-0.2, 0) is 11.2 Å². The van der Waals surface area contributed by atoms with E-state index in [0.29, 0.717) is 47.3 Å². The van der Waals surface area contributed by atoms with Gasteiger partial charge in [0, 0.05) is 17.7 Å². The molecule has 0 spiro atoms. The molecule has 1 aliphatic rings. The van der Waals surface area contributed by atoms with Crippen molar-refractivity contribution in [1.82, 2.24) is 10.3 Å². The van der Waals surface area contributed by atoms with Crippen molar-refractivity contribution in [3.63, 3.8) is 0 Å². The summed E-state index contributed by atoms with van der Waals surface area (Å²) in [5, 5.41) is 6.35. The molecule has 6 nitrogen and oxygen atoms in total. The third-order valence-electron chi connectivity index (χ3n) is 4.72. The van der Waals surface area contributed by atoms with Crippen molar-refractivity contribution in [3.05, 3.63) is 64.4 Å². The summed E-state index contributed by atoms with van der Waals surface area (Å²) in [5.74, 6) is 0.204. The highest BCUT2D eigenvalue weighted by Gasteiger charge is 2.17. The van der Waals surface area contributed by atoms with E-state index in [2.05, 4.69) is 15.6 Å². The molecular weight excluding hydrogens is 405 g/mol. The van der Waals surface area contributed by atoms with Crippen LogP contribution in [-0.4, -0.2) is 29.9 Å². The normalized spacial score (nSPS) is 12.8. The Morgan fingerprint density at radius 2 is 2.03 bits per heavy atom. The van der Waals surface area contributed by atoms with Crippen LogP contribution in [0.4, 0.5) is 10.1 Å². The molecule has 0 bridgehead atoms. The van der Waals surface area contributed by atoms with Crippen molar-refractivity contribution in [1.29, 1.82) is 0 Å². The van der Waals surface area contributed by atoms with Gasteiger partial charge in [-0.25, -0.2) is 9.37 Å². The summed E-state index contributed by atoms with van der Waals surface area (Å²) in [5.41, 5.74) is 3.28. The van der Waals surface area contributed by atoms with Crippen LogP contribution in [0.1, 0.15) is 27.3 Å². The number of anilines is 1. The van der Waals surface area contributed by atoms with E-state index in [1.54, 1.807) is 25.1 Å². The van der Waals surface area contributed by atoms with Crippen molar-refractivity contribution in [2.75, 3.05) is 18.5 Å². The number of nitrogens with zero attached hydrogens (tertiary/aromatic N) is 1. The van der Waals surface area contributed by atoms with Crippen molar-refractivity contribution >= 4 is 28.8 Å². The van der Waals surface area contributed by atoms with Gasteiger partial charge in [-0.15, -0.1) is 11.3 Å². The standard InChI is InChI=1S/C22H20FN3O3S/c1-13-20(30-22(25-13)14-2-5-16(23)6-3-14)21(28)24-10-11-29-17-7-8-18-15(12-17)4-9-19(27)26-18/h2-3,5-8,12H,4,9-11H2,1H3,(H,24,28)(H,26,27). The number of aromatic nitrogens is 1. The van der Waals surface area contributed by atoms with E-state index in [0.717, 1.165) is 16.8 Å². The van der Waals surface area contributed by atoms with Gasteiger partial charge in [-0.05, 0) is 61.4 Å². The highest BCUT2D eigenvalue weighted by molar-refractivity contribution is 7.17. The lowest BCUT2D eigenvalue weighted by molar-refractivity contribution is -0.116. The van der Waals surface area contributed by atoms with E-state index >= 15 is 0 Å². The first-order valence-electron chi connectivity index (χ1n) is 9.57. The van der Waals surface area contributed by atoms with E-state index in [9.17, 15) is 14.0 Å². The summed E-state index contributed by atoms with van der Waals surface area (Å²) >= 11 is 1.28. The fourth-order valence-electron chi connectivity index (χ4n) is 3.19. The Kier molecular flexibility index (Phi) is 5.76. The molecule has 1 aromatic heterocycles. The van der Waals surface area contributed by atoms with E-state index in [1.165, 1.54) is 23.5 Å². The minimum Gasteiger partial charge on any atom is -0.492 e. The van der Waals surface area contributed by atoms with Gasteiger partial charge in [0.15, 0.2) is 0 Å². The maximum absolute atomic E-state index is 13.1. The van der Waals surface area contributed by atoms with Gasteiger partial charge in [-0.2, -0.15) is 0 Å². The number of rotatable bonds is 6. The predicted molar refractivity (Wildman–Crippen MR) is 113 cm³/mol. The summed E-state index contributed by atoms with van der Waals surface area (Å²) < 4.78 is 18.8. The number of hydrogen-bond acceptors (Lipinski definition) is 5. The molecule has 0 saturated heterocycles. The number of fused-ring (bicyclic) bond motifs is 1. The van der Waals surface area contributed by atoms with Gasteiger partial charge in [0.2, 0.25) is 5.91 Å². The molecule has 2 amide bonds. The fourth-order valence-corrected chi connectivity index (χ4v) is 4.17. The summed E-state index contributed by atoms with van der Waals surface area (Å²) in [6.07, 6.45) is 1.16.